The van der Waals surface area contributed by atoms with Gasteiger partial charge in [-0.3, -0.25) is 0 Å². The highest BCUT2D eigenvalue weighted by Gasteiger charge is 2.20. The van der Waals surface area contributed by atoms with E-state index in [4.69, 9.17) is 27.9 Å². The molecule has 3 nitrogen and oxygen atoms in total. The molecule has 0 bridgehead atoms. The first kappa shape index (κ1) is 14.6. The quantitative estimate of drug-likeness (QED) is 0.873. The molecule has 1 heterocycles. The zero-order valence-corrected chi connectivity index (χ0v) is 12.6. The van der Waals surface area contributed by atoms with Crippen molar-refractivity contribution in [2.45, 2.75) is 25.4 Å². The average Bonchev–Trinajstić information content (AvgIpc) is 3.26. The predicted octanol–water partition coefficient (Wildman–Crippen LogP) is 4.57. The van der Waals surface area contributed by atoms with Crippen molar-refractivity contribution in [2.24, 2.45) is 0 Å². The van der Waals surface area contributed by atoms with Crippen molar-refractivity contribution in [1.29, 1.82) is 0 Å². The Kier molecular flexibility index (Phi) is 4.29. The molecule has 0 atom stereocenters. The van der Waals surface area contributed by atoms with Crippen molar-refractivity contribution < 1.29 is 9.13 Å². The van der Waals surface area contributed by atoms with E-state index in [-0.39, 0.29) is 5.02 Å². The van der Waals surface area contributed by atoms with Crippen LogP contribution in [0.5, 0.6) is 11.6 Å². The van der Waals surface area contributed by atoms with E-state index in [0.717, 1.165) is 5.56 Å². The Bertz CT molecular complexity index is 662. The molecule has 21 heavy (non-hydrogen) atoms. The van der Waals surface area contributed by atoms with Gasteiger partial charge in [-0.05, 0) is 36.6 Å². The first-order valence-corrected chi connectivity index (χ1v) is 7.38. The molecule has 1 aromatic heterocycles. The zero-order valence-electron chi connectivity index (χ0n) is 11.1. The molecular weight excluding hydrogens is 314 g/mol. The van der Waals surface area contributed by atoms with Crippen molar-refractivity contribution in [3.63, 3.8) is 0 Å². The largest absolute Gasteiger partial charge is 0.437 e. The number of aromatic nitrogens is 1. The molecule has 1 saturated carbocycles. The molecule has 3 rings (SSSR count). The third-order valence-electron chi connectivity index (χ3n) is 3.18. The second kappa shape index (κ2) is 6.18. The van der Waals surface area contributed by atoms with Crippen molar-refractivity contribution in [3.05, 3.63) is 51.9 Å². The molecule has 1 fully saturated rings. The highest BCUT2D eigenvalue weighted by molar-refractivity contribution is 6.32. The maximum absolute atomic E-state index is 13.0. The Balaban J connectivity index is 1.76. The Morgan fingerprint density at radius 2 is 2.05 bits per heavy atom. The summed E-state index contributed by atoms with van der Waals surface area (Å²) in [6.45, 7) is 0.666. The maximum atomic E-state index is 13.0. The van der Waals surface area contributed by atoms with Crippen LogP contribution in [0.2, 0.25) is 10.0 Å². The standard InChI is InChI=1S/C15H13Cl2FN2O/c16-12-6-10(18)1-4-14(12)21-15-5-9(13(17)8-20-15)7-19-11-2-3-11/h1,4-6,8,11,19H,2-3,7H2. The fraction of sp³-hybridized carbons (Fsp3) is 0.267. The number of nitrogens with zero attached hydrogens (tertiary/aromatic N) is 1. The molecule has 0 aliphatic heterocycles. The summed E-state index contributed by atoms with van der Waals surface area (Å²) in [5, 5.41) is 4.16. The molecule has 0 saturated heterocycles. The monoisotopic (exact) mass is 326 g/mol. The van der Waals surface area contributed by atoms with Crippen molar-refractivity contribution >= 4 is 23.2 Å². The zero-order chi connectivity index (χ0) is 14.8. The van der Waals surface area contributed by atoms with Crippen molar-refractivity contribution in [3.8, 4) is 11.6 Å². The number of pyridine rings is 1. The summed E-state index contributed by atoms with van der Waals surface area (Å²) in [7, 11) is 0. The molecule has 6 heteroatoms. The summed E-state index contributed by atoms with van der Waals surface area (Å²) in [6, 6.07) is 6.30. The van der Waals surface area contributed by atoms with Crippen LogP contribution >= 0.6 is 23.2 Å². The van der Waals surface area contributed by atoms with Crippen LogP contribution in [-0.4, -0.2) is 11.0 Å². The van der Waals surface area contributed by atoms with Crippen molar-refractivity contribution in [2.75, 3.05) is 0 Å². The van der Waals surface area contributed by atoms with Crippen LogP contribution in [0.1, 0.15) is 18.4 Å². The number of hydrogen-bond donors (Lipinski definition) is 1. The van der Waals surface area contributed by atoms with Crippen LogP contribution in [0.15, 0.2) is 30.5 Å². The van der Waals surface area contributed by atoms with Gasteiger partial charge in [0.1, 0.15) is 11.6 Å². The van der Waals surface area contributed by atoms with Crippen LogP contribution in [0.25, 0.3) is 0 Å². The Morgan fingerprint density at radius 3 is 2.76 bits per heavy atom. The molecule has 110 valence electrons. The van der Waals surface area contributed by atoms with Crippen LogP contribution in [0.4, 0.5) is 4.39 Å². The van der Waals surface area contributed by atoms with Crippen LogP contribution < -0.4 is 10.1 Å². The van der Waals surface area contributed by atoms with Gasteiger partial charge in [-0.1, -0.05) is 23.2 Å². The molecule has 1 aliphatic rings. The second-order valence-electron chi connectivity index (χ2n) is 4.95. The van der Waals surface area contributed by atoms with E-state index in [1.807, 2.05) is 0 Å². The lowest BCUT2D eigenvalue weighted by molar-refractivity contribution is 0.460. The third kappa shape index (κ3) is 3.84. The number of halogens is 3. The lowest BCUT2D eigenvalue weighted by Gasteiger charge is -2.10. The highest BCUT2D eigenvalue weighted by Crippen LogP contribution is 2.30. The third-order valence-corrected chi connectivity index (χ3v) is 3.81. The van der Waals surface area contributed by atoms with E-state index in [0.29, 0.717) is 29.2 Å². The molecule has 1 aromatic carbocycles. The summed E-state index contributed by atoms with van der Waals surface area (Å²) in [6.07, 6.45) is 3.95. The number of benzene rings is 1. The summed E-state index contributed by atoms with van der Waals surface area (Å²) in [4.78, 5) is 4.11. The average molecular weight is 327 g/mol. The minimum absolute atomic E-state index is 0.199. The van der Waals surface area contributed by atoms with Gasteiger partial charge < -0.3 is 10.1 Å². The summed E-state index contributed by atoms with van der Waals surface area (Å²) < 4.78 is 18.6. The second-order valence-corrected chi connectivity index (χ2v) is 5.76. The molecule has 1 N–H and O–H groups in total. The number of hydrogen-bond acceptors (Lipinski definition) is 3. The molecule has 1 aliphatic carbocycles. The van der Waals surface area contributed by atoms with Crippen LogP contribution in [0.3, 0.4) is 0 Å². The van der Waals surface area contributed by atoms with E-state index >= 15 is 0 Å². The van der Waals surface area contributed by atoms with E-state index in [9.17, 15) is 4.39 Å². The van der Waals surface area contributed by atoms with E-state index in [1.54, 1.807) is 6.07 Å². The molecule has 0 spiro atoms. The summed E-state index contributed by atoms with van der Waals surface area (Å²) in [5.41, 5.74) is 0.909. The Morgan fingerprint density at radius 1 is 1.24 bits per heavy atom. The lowest BCUT2D eigenvalue weighted by Crippen LogP contribution is -2.15. The highest BCUT2D eigenvalue weighted by atomic mass is 35.5. The molecule has 0 unspecified atom stereocenters. The molecule has 0 amide bonds. The van der Waals surface area contributed by atoms with Crippen LogP contribution in [0, 0.1) is 5.82 Å². The lowest BCUT2D eigenvalue weighted by atomic mass is 10.2. The van der Waals surface area contributed by atoms with E-state index in [2.05, 4.69) is 10.3 Å². The fourth-order valence-corrected chi connectivity index (χ4v) is 2.24. The number of nitrogens with one attached hydrogen (secondary N) is 1. The minimum atomic E-state index is -0.411. The number of rotatable bonds is 5. The Hall–Kier alpha value is -1.36. The smallest absolute Gasteiger partial charge is 0.219 e. The topological polar surface area (TPSA) is 34.1 Å². The first-order chi connectivity index (χ1) is 10.1. The predicted molar refractivity (Wildman–Crippen MR) is 80.6 cm³/mol. The SMILES string of the molecule is Fc1ccc(Oc2cc(CNC3CC3)c(Cl)cn2)c(Cl)c1. The van der Waals surface area contributed by atoms with Gasteiger partial charge in [0.2, 0.25) is 5.88 Å². The molecule has 2 aromatic rings. The number of ether oxygens (including phenoxy) is 1. The normalized spacial score (nSPS) is 14.2. The van der Waals surface area contributed by atoms with Gasteiger partial charge in [-0.25, -0.2) is 9.37 Å². The van der Waals surface area contributed by atoms with E-state index < -0.39 is 5.82 Å². The fourth-order valence-electron chi connectivity index (χ4n) is 1.86. The molecular formula is C15H13Cl2FN2O. The van der Waals surface area contributed by atoms with Crippen molar-refractivity contribution in [1.82, 2.24) is 10.3 Å². The van der Waals surface area contributed by atoms with Gasteiger partial charge in [-0.15, -0.1) is 0 Å². The van der Waals surface area contributed by atoms with Gasteiger partial charge in [0.25, 0.3) is 0 Å². The van der Waals surface area contributed by atoms with Gasteiger partial charge in [0, 0.05) is 24.8 Å². The van der Waals surface area contributed by atoms with Gasteiger partial charge in [0.05, 0.1) is 10.0 Å². The van der Waals surface area contributed by atoms with Crippen LogP contribution in [-0.2, 0) is 6.54 Å². The van der Waals surface area contributed by atoms with Gasteiger partial charge in [-0.2, -0.15) is 0 Å². The van der Waals surface area contributed by atoms with Gasteiger partial charge in [0.15, 0.2) is 0 Å². The molecule has 0 radical (unpaired) electrons. The van der Waals surface area contributed by atoms with E-state index in [1.165, 1.54) is 37.2 Å². The summed E-state index contributed by atoms with van der Waals surface area (Å²) >= 11 is 12.1. The summed E-state index contributed by atoms with van der Waals surface area (Å²) in [5.74, 6) is 0.320. The van der Waals surface area contributed by atoms with Gasteiger partial charge >= 0.3 is 0 Å². The maximum Gasteiger partial charge on any atom is 0.219 e. The first-order valence-electron chi connectivity index (χ1n) is 6.62. The minimum Gasteiger partial charge on any atom is -0.437 e. The Labute approximate surface area is 132 Å².